The van der Waals surface area contributed by atoms with Gasteiger partial charge in [0.1, 0.15) is 0 Å². The van der Waals surface area contributed by atoms with E-state index in [-0.39, 0.29) is 5.91 Å². The van der Waals surface area contributed by atoms with Crippen LogP contribution in [-0.4, -0.2) is 28.9 Å². The van der Waals surface area contributed by atoms with E-state index in [1.54, 1.807) is 11.8 Å². The van der Waals surface area contributed by atoms with E-state index in [1.807, 2.05) is 54.0 Å². The van der Waals surface area contributed by atoms with Gasteiger partial charge >= 0.3 is 0 Å². The Morgan fingerprint density at radius 2 is 2.00 bits per heavy atom. The molecular formula is C21H23ClN2O2S2. The zero-order valence-electron chi connectivity index (χ0n) is 16.1. The molecule has 148 valence electrons. The van der Waals surface area contributed by atoms with Crippen LogP contribution in [0.1, 0.15) is 31.1 Å². The van der Waals surface area contributed by atoms with E-state index in [0.717, 1.165) is 15.1 Å². The average molecular weight is 435 g/mol. The van der Waals surface area contributed by atoms with Crippen molar-refractivity contribution in [2.24, 2.45) is 4.99 Å². The van der Waals surface area contributed by atoms with E-state index in [2.05, 4.69) is 18.8 Å². The van der Waals surface area contributed by atoms with E-state index >= 15 is 0 Å². The molecule has 28 heavy (non-hydrogen) atoms. The summed E-state index contributed by atoms with van der Waals surface area (Å²) in [5, 5.41) is 1.17. The van der Waals surface area contributed by atoms with Crippen LogP contribution in [0, 0.1) is 0 Å². The van der Waals surface area contributed by atoms with E-state index < -0.39 is 0 Å². The molecule has 0 radical (unpaired) electrons. The van der Waals surface area contributed by atoms with Crippen molar-refractivity contribution in [1.29, 1.82) is 0 Å². The number of thioether (sulfide) groups is 1. The fraction of sp³-hybridized carbons (Fsp3) is 0.333. The molecular weight excluding hydrogens is 412 g/mol. The lowest BCUT2D eigenvalue weighted by atomic mass is 10.2. The van der Waals surface area contributed by atoms with Crippen molar-refractivity contribution in [2.45, 2.75) is 37.5 Å². The minimum absolute atomic E-state index is 0.246. The van der Waals surface area contributed by atoms with E-state index in [9.17, 15) is 4.79 Å². The number of halogens is 1. The van der Waals surface area contributed by atoms with Crippen LogP contribution in [-0.2, 0) is 11.3 Å². The van der Waals surface area contributed by atoms with Gasteiger partial charge in [0.15, 0.2) is 4.80 Å². The molecule has 4 nitrogen and oxygen atoms in total. The van der Waals surface area contributed by atoms with Gasteiger partial charge in [0.05, 0.1) is 16.8 Å². The van der Waals surface area contributed by atoms with Crippen LogP contribution in [0.5, 0.6) is 0 Å². The number of rotatable bonds is 7. The molecule has 1 heterocycles. The molecule has 3 aromatic rings. The quantitative estimate of drug-likeness (QED) is 0.357. The molecule has 2 aromatic carbocycles. The summed E-state index contributed by atoms with van der Waals surface area (Å²) in [7, 11) is 0. The summed E-state index contributed by atoms with van der Waals surface area (Å²) >= 11 is 9.37. The van der Waals surface area contributed by atoms with Crippen molar-refractivity contribution in [3.63, 3.8) is 0 Å². The van der Waals surface area contributed by atoms with Gasteiger partial charge in [-0.2, -0.15) is 4.99 Å². The molecule has 0 atom stereocenters. The van der Waals surface area contributed by atoms with Crippen molar-refractivity contribution in [1.82, 2.24) is 4.57 Å². The summed E-state index contributed by atoms with van der Waals surface area (Å²) in [6, 6.07) is 13.3. The number of fused-ring (bicyclic) bond motifs is 1. The van der Waals surface area contributed by atoms with E-state index in [4.69, 9.17) is 16.3 Å². The molecule has 0 aliphatic carbocycles. The number of benzene rings is 2. The second kappa shape index (κ2) is 9.74. The van der Waals surface area contributed by atoms with Crippen molar-refractivity contribution < 1.29 is 9.53 Å². The molecule has 0 saturated carbocycles. The highest BCUT2D eigenvalue weighted by Crippen LogP contribution is 2.24. The molecule has 1 aromatic heterocycles. The molecule has 0 aliphatic heterocycles. The molecule has 0 unspecified atom stereocenters. The second-order valence-electron chi connectivity index (χ2n) is 6.45. The van der Waals surface area contributed by atoms with Crippen molar-refractivity contribution in [2.75, 3.05) is 13.2 Å². The van der Waals surface area contributed by atoms with Crippen LogP contribution < -0.4 is 4.80 Å². The number of amides is 1. The first-order valence-corrected chi connectivity index (χ1v) is 11.3. The third-order valence-electron chi connectivity index (χ3n) is 3.98. The standard InChI is InChI=1S/C21H23ClN2O2S2/c1-4-26-12-11-24-18-10-7-16(22)13-19(18)28-21(24)23-20(25)15-5-8-17(9-6-15)27-14(2)3/h5-10,13-14H,4,11-12H2,1-3H3. The van der Waals surface area contributed by atoms with Gasteiger partial charge in [0.25, 0.3) is 5.91 Å². The van der Waals surface area contributed by atoms with Crippen LogP contribution in [0.3, 0.4) is 0 Å². The van der Waals surface area contributed by atoms with Gasteiger partial charge in [-0.3, -0.25) is 4.79 Å². The highest BCUT2D eigenvalue weighted by Gasteiger charge is 2.10. The first-order chi connectivity index (χ1) is 13.5. The summed E-state index contributed by atoms with van der Waals surface area (Å²) in [5.41, 5.74) is 1.59. The van der Waals surface area contributed by atoms with Gasteiger partial charge in [-0.25, -0.2) is 0 Å². The third kappa shape index (κ3) is 5.26. The second-order valence-corrected chi connectivity index (χ2v) is 9.55. The first-order valence-electron chi connectivity index (χ1n) is 9.20. The Morgan fingerprint density at radius 3 is 2.68 bits per heavy atom. The molecule has 0 N–H and O–H groups in total. The SMILES string of the molecule is CCOCCn1c(=NC(=O)c2ccc(SC(C)C)cc2)sc2cc(Cl)ccc21. The number of carbonyl (C=O) groups is 1. The van der Waals surface area contributed by atoms with Crippen molar-refractivity contribution >= 4 is 50.8 Å². The summed E-state index contributed by atoms with van der Waals surface area (Å²) in [5.74, 6) is -0.246. The number of hydrogen-bond acceptors (Lipinski definition) is 4. The monoisotopic (exact) mass is 434 g/mol. The van der Waals surface area contributed by atoms with Crippen molar-refractivity contribution in [3.8, 4) is 0 Å². The molecule has 7 heteroatoms. The predicted molar refractivity (Wildman–Crippen MR) is 119 cm³/mol. The Morgan fingerprint density at radius 1 is 1.25 bits per heavy atom. The molecule has 0 bridgehead atoms. The Balaban J connectivity index is 1.95. The maximum absolute atomic E-state index is 12.7. The van der Waals surface area contributed by atoms with Crippen LogP contribution >= 0.6 is 34.7 Å². The zero-order chi connectivity index (χ0) is 20.1. The summed E-state index contributed by atoms with van der Waals surface area (Å²) in [6.07, 6.45) is 0. The highest BCUT2D eigenvalue weighted by molar-refractivity contribution is 7.99. The van der Waals surface area contributed by atoms with E-state index in [1.165, 1.54) is 11.3 Å². The molecule has 1 amide bonds. The molecule has 0 spiro atoms. The largest absolute Gasteiger partial charge is 0.380 e. The van der Waals surface area contributed by atoms with Gasteiger partial charge in [-0.05, 0) is 49.4 Å². The fourth-order valence-corrected chi connectivity index (χ4v) is 4.92. The maximum Gasteiger partial charge on any atom is 0.279 e. The van der Waals surface area contributed by atoms with Gasteiger partial charge in [-0.1, -0.05) is 36.8 Å². The molecule has 0 saturated heterocycles. The lowest BCUT2D eigenvalue weighted by molar-refractivity contribution is 0.0996. The Bertz CT molecular complexity index is 1020. The number of hydrogen-bond donors (Lipinski definition) is 0. The van der Waals surface area contributed by atoms with E-state index in [0.29, 0.717) is 40.4 Å². The summed E-state index contributed by atoms with van der Waals surface area (Å²) in [6.45, 7) is 8.10. The van der Waals surface area contributed by atoms with Crippen LogP contribution in [0.15, 0.2) is 52.4 Å². The zero-order valence-corrected chi connectivity index (χ0v) is 18.5. The van der Waals surface area contributed by atoms with Gasteiger partial charge in [0.2, 0.25) is 0 Å². The average Bonchev–Trinajstić information content (AvgIpc) is 2.98. The predicted octanol–water partition coefficient (Wildman–Crippen LogP) is 5.63. The third-order valence-corrected chi connectivity index (χ3v) is 6.27. The molecule has 0 fully saturated rings. The van der Waals surface area contributed by atoms with Gasteiger partial charge in [-0.15, -0.1) is 11.8 Å². The Labute approximate surface area is 178 Å². The molecule has 3 rings (SSSR count). The van der Waals surface area contributed by atoms with Crippen LogP contribution in [0.25, 0.3) is 10.2 Å². The normalized spacial score (nSPS) is 12.2. The Hall–Kier alpha value is -1.60. The summed E-state index contributed by atoms with van der Waals surface area (Å²) < 4.78 is 8.52. The minimum atomic E-state index is -0.246. The van der Waals surface area contributed by atoms with Crippen LogP contribution in [0.4, 0.5) is 0 Å². The van der Waals surface area contributed by atoms with Crippen molar-refractivity contribution in [3.05, 3.63) is 57.9 Å². The van der Waals surface area contributed by atoms with Gasteiger partial charge < -0.3 is 9.30 Å². The summed E-state index contributed by atoms with van der Waals surface area (Å²) in [4.78, 5) is 18.9. The number of aromatic nitrogens is 1. The fourth-order valence-electron chi connectivity index (χ4n) is 2.75. The smallest absolute Gasteiger partial charge is 0.279 e. The van der Waals surface area contributed by atoms with Crippen LogP contribution in [0.2, 0.25) is 5.02 Å². The number of carbonyl (C=O) groups excluding carboxylic acids is 1. The molecule has 0 aliphatic rings. The maximum atomic E-state index is 12.7. The lowest BCUT2D eigenvalue weighted by Gasteiger charge is -2.06. The lowest BCUT2D eigenvalue weighted by Crippen LogP contribution is -2.19. The number of nitrogens with zero attached hydrogens (tertiary/aromatic N) is 2. The number of thiazole rings is 1. The van der Waals surface area contributed by atoms with Gasteiger partial charge in [0, 0.05) is 33.9 Å². The first kappa shape index (κ1) is 21.1. The Kier molecular flexibility index (Phi) is 7.35. The topological polar surface area (TPSA) is 43.6 Å². The minimum Gasteiger partial charge on any atom is -0.380 e. The number of ether oxygens (including phenoxy) is 1. The highest BCUT2D eigenvalue weighted by atomic mass is 35.5.